The lowest BCUT2D eigenvalue weighted by Crippen LogP contribution is -2.35. The molecule has 0 saturated carbocycles. The first-order chi connectivity index (χ1) is 16.4. The molecule has 1 amide bonds. The van der Waals surface area contributed by atoms with Gasteiger partial charge in [0, 0.05) is 24.2 Å². The number of ketones is 1. The summed E-state index contributed by atoms with van der Waals surface area (Å²) in [4.78, 5) is 30.0. The number of hydrogen-bond donors (Lipinski definition) is 1. The molecular weight excluding hydrogens is 432 g/mol. The number of nitrogens with zero attached hydrogens (tertiary/aromatic N) is 2. The summed E-state index contributed by atoms with van der Waals surface area (Å²) in [6.07, 6.45) is 0. The summed E-state index contributed by atoms with van der Waals surface area (Å²) in [5, 5.41) is 13.2. The predicted octanol–water partition coefficient (Wildman–Crippen LogP) is 3.84. The van der Waals surface area contributed by atoms with Crippen molar-refractivity contribution in [3.63, 3.8) is 0 Å². The van der Waals surface area contributed by atoms with Gasteiger partial charge in [-0.2, -0.15) is 0 Å². The Kier molecular flexibility index (Phi) is 6.56. The van der Waals surface area contributed by atoms with Gasteiger partial charge in [-0.25, -0.2) is 0 Å². The largest absolute Gasteiger partial charge is 0.507 e. The van der Waals surface area contributed by atoms with E-state index in [0.717, 1.165) is 10.8 Å². The maximum atomic E-state index is 13.4. The summed E-state index contributed by atoms with van der Waals surface area (Å²) >= 11 is 0. The molecule has 1 unspecified atom stereocenters. The predicted molar refractivity (Wildman–Crippen MR) is 131 cm³/mol. The standard InChI is InChI=1S/C27H28N2O5/c1-28(2)15-16-29-23(20-13-8-14-21(33-3)26(20)34-4)22(25(31)27(29)32)24(30)19-12-7-10-17-9-5-6-11-18(17)19/h5-14,23,30H,15-16H2,1-4H3/b24-22+. The molecule has 176 valence electrons. The van der Waals surface area contributed by atoms with E-state index in [1.54, 1.807) is 24.3 Å². The number of amides is 1. The van der Waals surface area contributed by atoms with Crippen molar-refractivity contribution >= 4 is 28.2 Å². The third-order valence-electron chi connectivity index (χ3n) is 6.10. The molecule has 0 radical (unpaired) electrons. The van der Waals surface area contributed by atoms with Crippen LogP contribution in [-0.2, 0) is 9.59 Å². The van der Waals surface area contributed by atoms with E-state index in [1.165, 1.54) is 19.1 Å². The van der Waals surface area contributed by atoms with Crippen LogP contribution in [0.2, 0.25) is 0 Å². The van der Waals surface area contributed by atoms with Gasteiger partial charge in [0.1, 0.15) is 5.76 Å². The Bertz CT molecular complexity index is 1280. The molecule has 1 saturated heterocycles. The molecule has 34 heavy (non-hydrogen) atoms. The molecule has 1 aliphatic heterocycles. The molecule has 0 aromatic heterocycles. The molecule has 1 aliphatic rings. The number of hydrogen-bond acceptors (Lipinski definition) is 6. The number of aliphatic hydroxyl groups is 1. The summed E-state index contributed by atoms with van der Waals surface area (Å²) in [5.74, 6) is -0.700. The van der Waals surface area contributed by atoms with E-state index in [-0.39, 0.29) is 11.3 Å². The molecule has 7 nitrogen and oxygen atoms in total. The number of fused-ring (bicyclic) bond motifs is 1. The fourth-order valence-corrected chi connectivity index (χ4v) is 4.45. The fraction of sp³-hybridized carbons (Fsp3) is 0.259. The summed E-state index contributed by atoms with van der Waals surface area (Å²) < 4.78 is 11.1. The second-order valence-corrected chi connectivity index (χ2v) is 8.41. The first-order valence-electron chi connectivity index (χ1n) is 11.0. The van der Waals surface area contributed by atoms with Crippen LogP contribution in [0.3, 0.4) is 0 Å². The van der Waals surface area contributed by atoms with Gasteiger partial charge in [-0.05, 0) is 30.9 Å². The van der Waals surface area contributed by atoms with E-state index in [4.69, 9.17) is 9.47 Å². The van der Waals surface area contributed by atoms with Crippen LogP contribution in [0.15, 0.2) is 66.2 Å². The van der Waals surface area contributed by atoms with Gasteiger partial charge in [-0.15, -0.1) is 0 Å². The number of carbonyl (C=O) groups excluding carboxylic acids is 2. The molecule has 4 rings (SSSR count). The number of ether oxygens (including phenoxy) is 2. The van der Waals surface area contributed by atoms with Crippen LogP contribution in [0.5, 0.6) is 11.5 Å². The van der Waals surface area contributed by atoms with Crippen molar-refractivity contribution in [2.45, 2.75) is 6.04 Å². The lowest BCUT2D eigenvalue weighted by atomic mass is 9.92. The van der Waals surface area contributed by atoms with Gasteiger partial charge < -0.3 is 24.4 Å². The molecule has 1 fully saturated rings. The Labute approximate surface area is 198 Å². The number of benzene rings is 3. The van der Waals surface area contributed by atoms with Gasteiger partial charge >= 0.3 is 0 Å². The molecule has 3 aromatic rings. The van der Waals surface area contributed by atoms with Crippen molar-refractivity contribution in [3.05, 3.63) is 77.4 Å². The van der Waals surface area contributed by atoms with Crippen LogP contribution < -0.4 is 9.47 Å². The number of para-hydroxylation sites is 1. The van der Waals surface area contributed by atoms with E-state index in [9.17, 15) is 14.7 Å². The second kappa shape index (κ2) is 9.57. The molecule has 0 aliphatic carbocycles. The van der Waals surface area contributed by atoms with Crippen LogP contribution in [0.25, 0.3) is 16.5 Å². The van der Waals surface area contributed by atoms with Gasteiger partial charge in [-0.1, -0.05) is 54.6 Å². The highest BCUT2D eigenvalue weighted by Crippen LogP contribution is 2.45. The fourth-order valence-electron chi connectivity index (χ4n) is 4.45. The quantitative estimate of drug-likeness (QED) is 0.328. The van der Waals surface area contributed by atoms with Crippen LogP contribution in [0.1, 0.15) is 17.2 Å². The van der Waals surface area contributed by atoms with E-state index in [2.05, 4.69) is 0 Å². The topological polar surface area (TPSA) is 79.3 Å². The van der Waals surface area contributed by atoms with Gasteiger partial charge in [0.2, 0.25) is 0 Å². The minimum Gasteiger partial charge on any atom is -0.507 e. The molecule has 1 atom stereocenters. The van der Waals surface area contributed by atoms with Crippen molar-refractivity contribution < 1.29 is 24.2 Å². The zero-order valence-corrected chi connectivity index (χ0v) is 19.7. The molecule has 1 N–H and O–H groups in total. The molecule has 7 heteroatoms. The Morgan fingerprint density at radius 1 is 0.971 bits per heavy atom. The van der Waals surface area contributed by atoms with Gasteiger partial charge in [-0.3, -0.25) is 9.59 Å². The molecule has 0 bridgehead atoms. The van der Waals surface area contributed by atoms with Crippen molar-refractivity contribution in [3.8, 4) is 11.5 Å². The number of Topliss-reactive ketones (excluding diaryl/α,β-unsaturated/α-hetero) is 1. The smallest absolute Gasteiger partial charge is 0.295 e. The summed E-state index contributed by atoms with van der Waals surface area (Å²) in [6, 6.07) is 17.6. The Morgan fingerprint density at radius 2 is 1.68 bits per heavy atom. The van der Waals surface area contributed by atoms with Crippen molar-refractivity contribution in [1.29, 1.82) is 0 Å². The van der Waals surface area contributed by atoms with Crippen molar-refractivity contribution in [2.75, 3.05) is 41.4 Å². The van der Waals surface area contributed by atoms with Crippen LogP contribution >= 0.6 is 0 Å². The number of methoxy groups -OCH3 is 2. The maximum absolute atomic E-state index is 13.4. The Morgan fingerprint density at radius 3 is 2.38 bits per heavy atom. The first kappa shape index (κ1) is 23.3. The van der Waals surface area contributed by atoms with Crippen LogP contribution in [0.4, 0.5) is 0 Å². The molecular formula is C27H28N2O5. The SMILES string of the molecule is COc1cccc(C2/C(=C(\O)c3cccc4ccccc34)C(=O)C(=O)N2CCN(C)C)c1OC. The highest BCUT2D eigenvalue weighted by atomic mass is 16.5. The zero-order chi connectivity index (χ0) is 24.4. The van der Waals surface area contributed by atoms with E-state index in [0.29, 0.717) is 35.7 Å². The van der Waals surface area contributed by atoms with Crippen molar-refractivity contribution in [1.82, 2.24) is 9.80 Å². The number of rotatable bonds is 7. The monoisotopic (exact) mass is 460 g/mol. The maximum Gasteiger partial charge on any atom is 0.295 e. The van der Waals surface area contributed by atoms with Gasteiger partial charge in [0.25, 0.3) is 11.7 Å². The van der Waals surface area contributed by atoms with Gasteiger partial charge in [0.05, 0.1) is 25.8 Å². The summed E-state index contributed by atoms with van der Waals surface area (Å²) in [6.45, 7) is 0.846. The Hall–Kier alpha value is -3.84. The summed E-state index contributed by atoms with van der Waals surface area (Å²) in [5.41, 5.74) is 1.10. The molecule has 0 spiro atoms. The minimum atomic E-state index is -0.830. The highest BCUT2D eigenvalue weighted by Gasteiger charge is 2.47. The van der Waals surface area contributed by atoms with Crippen molar-refractivity contribution in [2.24, 2.45) is 0 Å². The highest BCUT2D eigenvalue weighted by molar-refractivity contribution is 6.46. The molecule has 3 aromatic carbocycles. The number of aliphatic hydroxyl groups excluding tert-OH is 1. The number of likely N-dealkylation sites (tertiary alicyclic amines) is 1. The summed E-state index contributed by atoms with van der Waals surface area (Å²) in [7, 11) is 6.83. The van der Waals surface area contributed by atoms with E-state index in [1.807, 2.05) is 55.4 Å². The van der Waals surface area contributed by atoms with Gasteiger partial charge in [0.15, 0.2) is 11.5 Å². The average Bonchev–Trinajstić information content (AvgIpc) is 3.10. The van der Waals surface area contributed by atoms with Crippen LogP contribution in [-0.4, -0.2) is 68.0 Å². The zero-order valence-electron chi connectivity index (χ0n) is 19.7. The van der Waals surface area contributed by atoms with E-state index < -0.39 is 17.7 Å². The third-order valence-corrected chi connectivity index (χ3v) is 6.10. The third kappa shape index (κ3) is 3.99. The lowest BCUT2D eigenvalue weighted by molar-refractivity contribution is -0.140. The minimum absolute atomic E-state index is 0.0339. The van der Waals surface area contributed by atoms with E-state index >= 15 is 0 Å². The second-order valence-electron chi connectivity index (χ2n) is 8.41. The Balaban J connectivity index is 1.98. The number of carbonyl (C=O) groups is 2. The molecule has 1 heterocycles. The average molecular weight is 461 g/mol. The lowest BCUT2D eigenvalue weighted by Gasteiger charge is -2.28. The first-order valence-corrected chi connectivity index (χ1v) is 11.0. The van der Waals surface area contributed by atoms with Crippen LogP contribution in [0, 0.1) is 0 Å². The normalized spacial score (nSPS) is 17.6. The number of likely N-dealkylation sites (N-methyl/N-ethyl adjacent to an activating group) is 1.